The normalized spacial score (nSPS) is 16.6. The Morgan fingerprint density at radius 2 is 2.11 bits per heavy atom. The Balaban J connectivity index is 1.63. The molecule has 0 saturated heterocycles. The minimum absolute atomic E-state index is 0.700. The van der Waals surface area contributed by atoms with Gasteiger partial charge in [-0.05, 0) is 24.8 Å². The Hall–Kier alpha value is -0.830. The van der Waals surface area contributed by atoms with E-state index in [1.54, 1.807) is 0 Å². The number of hydrogen-bond donors (Lipinski definition) is 1. The van der Waals surface area contributed by atoms with Crippen molar-refractivity contribution in [2.45, 2.75) is 58.8 Å². The number of aryl methyl sites for hydroxylation is 1. The van der Waals surface area contributed by atoms with Crippen LogP contribution in [-0.4, -0.2) is 18.1 Å². The van der Waals surface area contributed by atoms with E-state index in [4.69, 9.17) is 4.42 Å². The highest BCUT2D eigenvalue weighted by Gasteiger charge is 2.15. The van der Waals surface area contributed by atoms with Gasteiger partial charge in [0.2, 0.25) is 0 Å². The number of oxazole rings is 1. The predicted octanol–water partition coefficient (Wildman–Crippen LogP) is 3.59. The van der Waals surface area contributed by atoms with Crippen LogP contribution in [0, 0.1) is 11.8 Å². The predicted molar refractivity (Wildman–Crippen MR) is 78.2 cm³/mol. The average molecular weight is 264 g/mol. The van der Waals surface area contributed by atoms with Crippen LogP contribution in [0.15, 0.2) is 10.6 Å². The van der Waals surface area contributed by atoms with Gasteiger partial charge in [-0.15, -0.1) is 0 Å². The van der Waals surface area contributed by atoms with Gasteiger partial charge in [0.1, 0.15) is 5.76 Å². The molecule has 1 N–H and O–H groups in total. The molecule has 0 radical (unpaired) electrons. The zero-order valence-electron chi connectivity index (χ0n) is 12.5. The number of hydrogen-bond acceptors (Lipinski definition) is 3. The van der Waals surface area contributed by atoms with E-state index in [2.05, 4.69) is 24.1 Å². The maximum atomic E-state index is 5.80. The summed E-state index contributed by atoms with van der Waals surface area (Å²) in [4.78, 5) is 4.37. The topological polar surface area (TPSA) is 38.1 Å². The molecule has 1 aliphatic rings. The molecule has 0 aliphatic heterocycles. The smallest absolute Gasteiger partial charge is 0.195 e. The summed E-state index contributed by atoms with van der Waals surface area (Å²) in [5.41, 5.74) is 0. The number of nitrogens with one attached hydrogen (secondary N) is 1. The maximum absolute atomic E-state index is 5.80. The van der Waals surface area contributed by atoms with Crippen molar-refractivity contribution in [3.05, 3.63) is 17.8 Å². The van der Waals surface area contributed by atoms with Gasteiger partial charge < -0.3 is 9.73 Å². The third kappa shape index (κ3) is 5.35. The standard InChI is InChI=1S/C16H28N2O/c1-13(2)11-17-10-9-16-18-12-15(19-16)8-7-14-5-3-4-6-14/h12-14,17H,3-11H2,1-2H3. The summed E-state index contributed by atoms with van der Waals surface area (Å²) in [7, 11) is 0. The summed E-state index contributed by atoms with van der Waals surface area (Å²) in [5.74, 6) is 3.59. The molecule has 3 heteroatoms. The highest BCUT2D eigenvalue weighted by molar-refractivity contribution is 4.95. The Morgan fingerprint density at radius 3 is 2.84 bits per heavy atom. The van der Waals surface area contributed by atoms with E-state index in [9.17, 15) is 0 Å². The van der Waals surface area contributed by atoms with Gasteiger partial charge in [0.05, 0.1) is 6.20 Å². The minimum Gasteiger partial charge on any atom is -0.446 e. The molecule has 1 aromatic heterocycles. The second kappa shape index (κ2) is 7.68. The van der Waals surface area contributed by atoms with Gasteiger partial charge in [-0.3, -0.25) is 0 Å². The molecule has 1 aliphatic carbocycles. The van der Waals surface area contributed by atoms with Crippen molar-refractivity contribution in [1.82, 2.24) is 10.3 Å². The largest absolute Gasteiger partial charge is 0.446 e. The van der Waals surface area contributed by atoms with Gasteiger partial charge in [-0.1, -0.05) is 39.5 Å². The fourth-order valence-corrected chi connectivity index (χ4v) is 2.81. The van der Waals surface area contributed by atoms with E-state index in [0.29, 0.717) is 5.92 Å². The molecule has 0 bridgehead atoms. The monoisotopic (exact) mass is 264 g/mol. The molecule has 1 heterocycles. The van der Waals surface area contributed by atoms with Crippen LogP contribution in [0.4, 0.5) is 0 Å². The van der Waals surface area contributed by atoms with E-state index in [1.807, 2.05) is 6.20 Å². The zero-order chi connectivity index (χ0) is 13.5. The summed E-state index contributed by atoms with van der Waals surface area (Å²) in [6, 6.07) is 0. The fourth-order valence-electron chi connectivity index (χ4n) is 2.81. The Morgan fingerprint density at radius 1 is 1.32 bits per heavy atom. The number of aromatic nitrogens is 1. The maximum Gasteiger partial charge on any atom is 0.195 e. The van der Waals surface area contributed by atoms with Gasteiger partial charge in [0, 0.05) is 19.4 Å². The molecular formula is C16H28N2O. The van der Waals surface area contributed by atoms with Crippen molar-refractivity contribution in [3.8, 4) is 0 Å². The van der Waals surface area contributed by atoms with E-state index < -0.39 is 0 Å². The van der Waals surface area contributed by atoms with Crippen molar-refractivity contribution >= 4 is 0 Å². The summed E-state index contributed by atoms with van der Waals surface area (Å²) < 4.78 is 5.80. The van der Waals surface area contributed by atoms with E-state index in [0.717, 1.165) is 43.5 Å². The Labute approximate surface area is 117 Å². The minimum atomic E-state index is 0.700. The SMILES string of the molecule is CC(C)CNCCc1ncc(CCC2CCCC2)o1. The molecule has 0 unspecified atom stereocenters. The van der Waals surface area contributed by atoms with Crippen LogP contribution in [-0.2, 0) is 12.8 Å². The first kappa shape index (κ1) is 14.6. The summed E-state index contributed by atoms with van der Waals surface area (Å²) in [6.07, 6.45) is 10.8. The third-order valence-electron chi connectivity index (χ3n) is 3.94. The van der Waals surface area contributed by atoms with Crippen LogP contribution in [0.25, 0.3) is 0 Å². The quantitative estimate of drug-likeness (QED) is 0.729. The van der Waals surface area contributed by atoms with Gasteiger partial charge in [-0.2, -0.15) is 0 Å². The van der Waals surface area contributed by atoms with Crippen molar-refractivity contribution < 1.29 is 4.42 Å². The van der Waals surface area contributed by atoms with Gasteiger partial charge >= 0.3 is 0 Å². The molecule has 1 saturated carbocycles. The van der Waals surface area contributed by atoms with E-state index in [-0.39, 0.29) is 0 Å². The van der Waals surface area contributed by atoms with Crippen molar-refractivity contribution in [2.75, 3.05) is 13.1 Å². The zero-order valence-corrected chi connectivity index (χ0v) is 12.5. The van der Waals surface area contributed by atoms with Crippen molar-refractivity contribution in [3.63, 3.8) is 0 Å². The van der Waals surface area contributed by atoms with Crippen LogP contribution in [0.3, 0.4) is 0 Å². The fraction of sp³-hybridized carbons (Fsp3) is 0.812. The van der Waals surface area contributed by atoms with Crippen molar-refractivity contribution in [2.24, 2.45) is 11.8 Å². The third-order valence-corrected chi connectivity index (χ3v) is 3.94. The Kier molecular flexibility index (Phi) is 5.90. The molecule has 1 aromatic rings. The number of nitrogens with zero attached hydrogens (tertiary/aromatic N) is 1. The summed E-state index contributed by atoms with van der Waals surface area (Å²) in [5, 5.41) is 3.42. The lowest BCUT2D eigenvalue weighted by Gasteiger charge is -2.06. The van der Waals surface area contributed by atoms with Crippen LogP contribution in [0.5, 0.6) is 0 Å². The van der Waals surface area contributed by atoms with Crippen LogP contribution < -0.4 is 5.32 Å². The molecule has 108 valence electrons. The molecular weight excluding hydrogens is 236 g/mol. The lowest BCUT2D eigenvalue weighted by molar-refractivity contribution is 0.417. The molecule has 1 fully saturated rings. The molecule has 0 aromatic carbocycles. The molecule has 0 spiro atoms. The highest BCUT2D eigenvalue weighted by atomic mass is 16.4. The summed E-state index contributed by atoms with van der Waals surface area (Å²) in [6.45, 7) is 6.47. The van der Waals surface area contributed by atoms with E-state index >= 15 is 0 Å². The highest BCUT2D eigenvalue weighted by Crippen LogP contribution is 2.28. The molecule has 0 atom stereocenters. The van der Waals surface area contributed by atoms with Gasteiger partial charge in [-0.25, -0.2) is 4.98 Å². The summed E-state index contributed by atoms with van der Waals surface area (Å²) >= 11 is 0. The molecule has 2 rings (SSSR count). The van der Waals surface area contributed by atoms with Gasteiger partial charge in [0.15, 0.2) is 5.89 Å². The molecule has 19 heavy (non-hydrogen) atoms. The lowest BCUT2D eigenvalue weighted by Crippen LogP contribution is -2.22. The van der Waals surface area contributed by atoms with Crippen LogP contribution in [0.1, 0.15) is 57.6 Å². The first-order valence-corrected chi connectivity index (χ1v) is 7.88. The molecule has 3 nitrogen and oxygen atoms in total. The van der Waals surface area contributed by atoms with Crippen LogP contribution >= 0.6 is 0 Å². The van der Waals surface area contributed by atoms with Crippen LogP contribution in [0.2, 0.25) is 0 Å². The second-order valence-electron chi connectivity index (χ2n) is 6.26. The molecule has 0 amide bonds. The van der Waals surface area contributed by atoms with Gasteiger partial charge in [0.25, 0.3) is 0 Å². The second-order valence-corrected chi connectivity index (χ2v) is 6.26. The first-order valence-electron chi connectivity index (χ1n) is 7.88. The first-order chi connectivity index (χ1) is 9.24. The lowest BCUT2D eigenvalue weighted by atomic mass is 10.0. The van der Waals surface area contributed by atoms with E-state index in [1.165, 1.54) is 32.1 Å². The Bertz CT molecular complexity index is 353. The number of rotatable bonds is 8. The average Bonchev–Trinajstić information content (AvgIpc) is 3.03. The van der Waals surface area contributed by atoms with Crippen molar-refractivity contribution in [1.29, 1.82) is 0 Å².